The van der Waals surface area contributed by atoms with Crippen LogP contribution < -0.4 is 5.62 Å². The van der Waals surface area contributed by atoms with Gasteiger partial charge in [-0.25, -0.2) is 0 Å². The number of amides is 1. The molecule has 3 aromatic carbocycles. The zero-order valence-electron chi connectivity index (χ0n) is 21.1. The van der Waals surface area contributed by atoms with Crippen LogP contribution in [-0.2, 0) is 19.5 Å². The van der Waals surface area contributed by atoms with Crippen LogP contribution in [0.15, 0.2) is 66.7 Å². The second-order valence-electron chi connectivity index (χ2n) is 8.69. The monoisotopic (exact) mass is 682 g/mol. The van der Waals surface area contributed by atoms with Crippen molar-refractivity contribution in [2.24, 2.45) is 0 Å². The fourth-order valence-electron chi connectivity index (χ4n) is 4.45. The van der Waals surface area contributed by atoms with Crippen molar-refractivity contribution in [3.63, 3.8) is 0 Å². The third kappa shape index (κ3) is 6.78. The summed E-state index contributed by atoms with van der Waals surface area (Å²) in [6.45, 7) is 3.15. The number of benzene rings is 3. The van der Waals surface area contributed by atoms with Crippen molar-refractivity contribution < 1.29 is 9.59 Å². The number of hydrogen-bond acceptors (Lipinski definition) is 3. The molecule has 0 aliphatic carbocycles. The fraction of sp³-hybridized carbons (Fsp3) is 0.250. The van der Waals surface area contributed by atoms with Gasteiger partial charge >= 0.3 is 0 Å². The molecule has 1 heterocycles. The van der Waals surface area contributed by atoms with Crippen LogP contribution in [0.4, 0.5) is 0 Å². The predicted octanol–water partition coefficient (Wildman–Crippen LogP) is 6.99. The number of halogens is 4. The molecule has 0 spiro atoms. The summed E-state index contributed by atoms with van der Waals surface area (Å²) >= 11 is 12.3. The number of hydrogen-bond donors (Lipinski definition) is 1. The molecule has 202 valence electrons. The molecule has 4 rings (SSSR count). The maximum atomic E-state index is 13.1. The first kappa shape index (κ1) is 31.8. The molecule has 0 radical (unpaired) electrons. The highest BCUT2D eigenvalue weighted by Gasteiger charge is 2.19. The van der Waals surface area contributed by atoms with Gasteiger partial charge in [0.15, 0.2) is 5.78 Å². The van der Waals surface area contributed by atoms with Crippen LogP contribution in [0.3, 0.4) is 0 Å². The van der Waals surface area contributed by atoms with Gasteiger partial charge < -0.3 is 14.0 Å². The molecule has 0 bridgehead atoms. The number of aryl methyl sites for hydroxylation is 2. The van der Waals surface area contributed by atoms with Crippen molar-refractivity contribution in [1.29, 1.82) is 5.41 Å². The largest absolute Gasteiger partial charge is 0.342 e. The van der Waals surface area contributed by atoms with Crippen molar-refractivity contribution in [3.05, 3.63) is 99.1 Å². The zero-order chi connectivity index (χ0) is 25.8. The van der Waals surface area contributed by atoms with Gasteiger partial charge in [0, 0.05) is 36.3 Å². The second kappa shape index (κ2) is 14.1. The maximum Gasteiger partial charge on any atom is 0.253 e. The summed E-state index contributed by atoms with van der Waals surface area (Å²) in [5.74, 6) is -0.224. The zero-order valence-corrected chi connectivity index (χ0v) is 26.1. The first-order valence-corrected chi connectivity index (χ1v) is 12.6. The SMILES string of the molecule is Br.Br.CCc1cccc2c1n(CCCN(C)C(=O)c1ccccc1)c(=N)n2CC(=O)c1ccc(Cl)cc1Cl. The van der Waals surface area contributed by atoms with Crippen LogP contribution in [0.1, 0.15) is 39.6 Å². The Hall–Kier alpha value is -2.39. The molecule has 0 aliphatic rings. The number of carbonyl (C=O) groups excluding carboxylic acids is 2. The van der Waals surface area contributed by atoms with Crippen LogP contribution in [0.25, 0.3) is 11.0 Å². The minimum absolute atomic E-state index is 0. The van der Waals surface area contributed by atoms with Crippen LogP contribution in [0, 0.1) is 5.41 Å². The number of ketones is 1. The van der Waals surface area contributed by atoms with Crippen LogP contribution in [0.5, 0.6) is 0 Å². The number of Topliss-reactive ketones (excluding diaryl/α,β-unsaturated/α-hetero) is 1. The molecule has 1 amide bonds. The first-order valence-electron chi connectivity index (χ1n) is 11.9. The van der Waals surface area contributed by atoms with E-state index in [4.69, 9.17) is 28.6 Å². The Morgan fingerprint density at radius 2 is 1.66 bits per heavy atom. The summed E-state index contributed by atoms with van der Waals surface area (Å²) in [6, 6.07) is 19.9. The minimum atomic E-state index is -0.190. The van der Waals surface area contributed by atoms with E-state index in [1.807, 2.05) is 41.0 Å². The molecule has 0 unspecified atom stereocenters. The van der Waals surface area contributed by atoms with E-state index in [2.05, 4.69) is 6.92 Å². The number of aromatic nitrogens is 2. The van der Waals surface area contributed by atoms with E-state index in [9.17, 15) is 9.59 Å². The van der Waals surface area contributed by atoms with E-state index in [0.717, 1.165) is 23.0 Å². The third-order valence-corrected chi connectivity index (χ3v) is 6.87. The lowest BCUT2D eigenvalue weighted by Gasteiger charge is -2.17. The standard InChI is InChI=1S/C28H28Cl2N4O2.2BrH/c1-3-19-11-7-12-24-26(19)33(16-8-15-32(2)27(36)20-9-5-4-6-10-20)28(31)34(24)18-25(35)22-14-13-21(29)17-23(22)30;;/h4-7,9-14,17,31H,3,8,15-16,18H2,1-2H3;2*1H. The van der Waals surface area contributed by atoms with Gasteiger partial charge in [-0.3, -0.25) is 15.0 Å². The van der Waals surface area contributed by atoms with E-state index < -0.39 is 0 Å². The van der Waals surface area contributed by atoms with Crippen molar-refractivity contribution in [2.75, 3.05) is 13.6 Å². The molecular formula is C28H30Br2Cl2N4O2. The van der Waals surface area contributed by atoms with Gasteiger partial charge in [-0.15, -0.1) is 34.0 Å². The number of fused-ring (bicyclic) bond motifs is 1. The predicted molar refractivity (Wildman–Crippen MR) is 165 cm³/mol. The summed E-state index contributed by atoms with van der Waals surface area (Å²) in [5.41, 5.74) is 4.13. The molecule has 0 saturated heterocycles. The quantitative estimate of drug-likeness (QED) is 0.193. The summed E-state index contributed by atoms with van der Waals surface area (Å²) in [5, 5.41) is 9.69. The molecular weight excluding hydrogens is 655 g/mol. The van der Waals surface area contributed by atoms with Crippen molar-refractivity contribution in [1.82, 2.24) is 14.0 Å². The van der Waals surface area contributed by atoms with E-state index in [0.29, 0.717) is 40.7 Å². The van der Waals surface area contributed by atoms with Crippen LogP contribution >= 0.6 is 57.2 Å². The smallest absolute Gasteiger partial charge is 0.253 e. The first-order chi connectivity index (χ1) is 17.3. The third-order valence-electron chi connectivity index (χ3n) is 6.33. The number of rotatable bonds is 9. The number of carbonyl (C=O) groups is 2. The van der Waals surface area contributed by atoms with Gasteiger partial charge in [-0.05, 0) is 54.8 Å². The molecule has 0 atom stereocenters. The number of imidazole rings is 1. The Bertz CT molecular complexity index is 1490. The molecule has 0 fully saturated rings. The topological polar surface area (TPSA) is 71.1 Å². The highest BCUT2D eigenvalue weighted by Crippen LogP contribution is 2.24. The minimum Gasteiger partial charge on any atom is -0.342 e. The highest BCUT2D eigenvalue weighted by molar-refractivity contribution is 8.93. The lowest BCUT2D eigenvalue weighted by Crippen LogP contribution is -2.31. The number of para-hydroxylation sites is 1. The summed E-state index contributed by atoms with van der Waals surface area (Å²) < 4.78 is 3.66. The van der Waals surface area contributed by atoms with Crippen molar-refractivity contribution >= 4 is 79.9 Å². The van der Waals surface area contributed by atoms with E-state index in [1.54, 1.807) is 46.8 Å². The average molecular weight is 685 g/mol. The van der Waals surface area contributed by atoms with Gasteiger partial charge in [-0.1, -0.05) is 60.5 Å². The Morgan fingerprint density at radius 3 is 2.32 bits per heavy atom. The normalized spacial score (nSPS) is 10.5. The summed E-state index contributed by atoms with van der Waals surface area (Å²) in [6.07, 6.45) is 1.46. The van der Waals surface area contributed by atoms with E-state index >= 15 is 0 Å². The summed E-state index contributed by atoms with van der Waals surface area (Å²) in [4.78, 5) is 27.5. The lowest BCUT2D eigenvalue weighted by molar-refractivity contribution is 0.0791. The van der Waals surface area contributed by atoms with Gasteiger partial charge in [0.2, 0.25) is 5.62 Å². The molecule has 1 aromatic heterocycles. The van der Waals surface area contributed by atoms with Crippen LogP contribution in [-0.4, -0.2) is 39.3 Å². The van der Waals surface area contributed by atoms with Gasteiger partial charge in [0.25, 0.3) is 5.91 Å². The molecule has 10 heteroatoms. The van der Waals surface area contributed by atoms with Crippen molar-refractivity contribution in [3.8, 4) is 0 Å². The number of nitrogens with zero attached hydrogens (tertiary/aromatic N) is 3. The molecule has 4 aromatic rings. The van der Waals surface area contributed by atoms with E-state index in [1.165, 1.54) is 0 Å². The Labute approximate surface area is 253 Å². The molecule has 38 heavy (non-hydrogen) atoms. The molecule has 0 saturated carbocycles. The molecule has 1 N–H and O–H groups in total. The fourth-order valence-corrected chi connectivity index (χ4v) is 4.96. The Kier molecular flexibility index (Phi) is 11.8. The number of nitrogens with one attached hydrogen (secondary N) is 1. The van der Waals surface area contributed by atoms with Crippen molar-refractivity contribution in [2.45, 2.75) is 32.9 Å². The van der Waals surface area contributed by atoms with Crippen LogP contribution in [0.2, 0.25) is 10.0 Å². The van der Waals surface area contributed by atoms with Gasteiger partial charge in [0.1, 0.15) is 0 Å². The Balaban J connectivity index is 0.00000253. The maximum absolute atomic E-state index is 13.1. The summed E-state index contributed by atoms with van der Waals surface area (Å²) in [7, 11) is 1.79. The van der Waals surface area contributed by atoms with Gasteiger partial charge in [0.05, 0.1) is 22.6 Å². The van der Waals surface area contributed by atoms with E-state index in [-0.39, 0.29) is 57.8 Å². The average Bonchev–Trinajstić information content (AvgIpc) is 3.14. The Morgan fingerprint density at radius 1 is 0.947 bits per heavy atom. The highest BCUT2D eigenvalue weighted by atomic mass is 79.9. The van der Waals surface area contributed by atoms with Gasteiger partial charge in [-0.2, -0.15) is 0 Å². The lowest BCUT2D eigenvalue weighted by atomic mass is 10.1. The second-order valence-corrected chi connectivity index (χ2v) is 9.54. The molecule has 6 nitrogen and oxygen atoms in total. The molecule has 0 aliphatic heterocycles.